The van der Waals surface area contributed by atoms with Crippen LogP contribution in [0, 0.1) is 17.0 Å². The standard InChI is InChI=1S/C15H11BrN2O4S/c1-10-5-7-11(8-6-10)23(21,22)17-9-13(16)12-3-2-4-14(15(12)17)18(19)20/h2-9H,1H3. The lowest BCUT2D eigenvalue weighted by atomic mass is 10.2. The summed E-state index contributed by atoms with van der Waals surface area (Å²) in [6, 6.07) is 10.8. The summed E-state index contributed by atoms with van der Waals surface area (Å²) in [4.78, 5) is 10.8. The zero-order chi connectivity index (χ0) is 16.8. The van der Waals surface area contributed by atoms with Crippen molar-refractivity contribution >= 4 is 42.5 Å². The predicted molar refractivity (Wildman–Crippen MR) is 90.1 cm³/mol. The molecule has 0 saturated carbocycles. The summed E-state index contributed by atoms with van der Waals surface area (Å²) in [6.07, 6.45) is 1.34. The summed E-state index contributed by atoms with van der Waals surface area (Å²) in [5.41, 5.74) is 0.710. The smallest absolute Gasteiger partial charge is 0.258 e. The van der Waals surface area contributed by atoms with Gasteiger partial charge in [-0.2, -0.15) is 0 Å². The van der Waals surface area contributed by atoms with Crippen molar-refractivity contribution in [2.24, 2.45) is 0 Å². The molecule has 0 bridgehead atoms. The van der Waals surface area contributed by atoms with Crippen LogP contribution in [0.2, 0.25) is 0 Å². The SMILES string of the molecule is Cc1ccc(S(=O)(=O)n2cc(Br)c3cccc([N+](=O)[O-])c32)cc1. The van der Waals surface area contributed by atoms with E-state index in [-0.39, 0.29) is 16.1 Å². The molecule has 0 unspecified atom stereocenters. The second-order valence-corrected chi connectivity index (χ2v) is 7.69. The number of non-ortho nitro benzene ring substituents is 1. The number of nitro groups is 1. The van der Waals surface area contributed by atoms with Crippen LogP contribution in [0.5, 0.6) is 0 Å². The second-order valence-electron chi connectivity index (χ2n) is 5.02. The normalized spacial score (nSPS) is 11.7. The van der Waals surface area contributed by atoms with Gasteiger partial charge in [0.05, 0.1) is 9.82 Å². The quantitative estimate of drug-likeness (QED) is 0.498. The molecule has 0 aliphatic carbocycles. The van der Waals surface area contributed by atoms with Crippen molar-refractivity contribution in [3.05, 3.63) is 68.8 Å². The number of nitro benzene ring substituents is 1. The molecule has 0 spiro atoms. The molecule has 0 fully saturated rings. The second kappa shape index (κ2) is 5.47. The molecule has 3 rings (SSSR count). The highest BCUT2D eigenvalue weighted by Crippen LogP contribution is 2.35. The van der Waals surface area contributed by atoms with E-state index in [1.807, 2.05) is 6.92 Å². The van der Waals surface area contributed by atoms with Crippen LogP contribution in [-0.2, 0) is 10.0 Å². The fourth-order valence-electron chi connectivity index (χ4n) is 2.35. The van der Waals surface area contributed by atoms with Gasteiger partial charge in [0, 0.05) is 22.1 Å². The van der Waals surface area contributed by atoms with Crippen LogP contribution in [0.1, 0.15) is 5.56 Å². The largest absolute Gasteiger partial charge is 0.294 e. The Morgan fingerprint density at radius 1 is 1.13 bits per heavy atom. The van der Waals surface area contributed by atoms with E-state index >= 15 is 0 Å². The van der Waals surface area contributed by atoms with Gasteiger partial charge in [0.1, 0.15) is 5.52 Å². The Hall–Kier alpha value is -2.19. The topological polar surface area (TPSA) is 82.2 Å². The first kappa shape index (κ1) is 15.7. The highest BCUT2D eigenvalue weighted by molar-refractivity contribution is 9.10. The van der Waals surface area contributed by atoms with Crippen LogP contribution < -0.4 is 0 Å². The Balaban J connectivity index is 2.36. The third-order valence-electron chi connectivity index (χ3n) is 3.50. The number of aryl methyl sites for hydroxylation is 1. The molecule has 0 aliphatic rings. The average Bonchev–Trinajstić information content (AvgIpc) is 2.86. The highest BCUT2D eigenvalue weighted by Gasteiger charge is 2.26. The number of para-hydroxylation sites is 1. The van der Waals surface area contributed by atoms with Gasteiger partial charge in [-0.15, -0.1) is 0 Å². The number of halogens is 1. The Labute approximate surface area is 140 Å². The molecular formula is C15H11BrN2O4S. The van der Waals surface area contributed by atoms with Gasteiger partial charge in [-0.25, -0.2) is 12.4 Å². The molecule has 6 nitrogen and oxygen atoms in total. The Morgan fingerprint density at radius 2 is 1.78 bits per heavy atom. The Bertz CT molecular complexity index is 1020. The van der Waals surface area contributed by atoms with Gasteiger partial charge in [0.15, 0.2) is 0 Å². The molecule has 8 heteroatoms. The van der Waals surface area contributed by atoms with E-state index in [1.165, 1.54) is 30.5 Å². The zero-order valence-electron chi connectivity index (χ0n) is 11.9. The highest BCUT2D eigenvalue weighted by atomic mass is 79.9. The molecule has 23 heavy (non-hydrogen) atoms. The zero-order valence-corrected chi connectivity index (χ0v) is 14.3. The summed E-state index contributed by atoms with van der Waals surface area (Å²) in [7, 11) is -3.94. The number of benzene rings is 2. The van der Waals surface area contributed by atoms with E-state index in [9.17, 15) is 18.5 Å². The van der Waals surface area contributed by atoms with Gasteiger partial charge in [-0.1, -0.05) is 29.8 Å². The summed E-state index contributed by atoms with van der Waals surface area (Å²) in [6.45, 7) is 1.85. The summed E-state index contributed by atoms with van der Waals surface area (Å²) < 4.78 is 27.2. The summed E-state index contributed by atoms with van der Waals surface area (Å²) >= 11 is 3.27. The number of rotatable bonds is 3. The van der Waals surface area contributed by atoms with Gasteiger partial charge in [-0.3, -0.25) is 10.1 Å². The van der Waals surface area contributed by atoms with E-state index in [4.69, 9.17) is 0 Å². The molecule has 0 amide bonds. The van der Waals surface area contributed by atoms with Crippen molar-refractivity contribution in [1.29, 1.82) is 0 Å². The maximum absolute atomic E-state index is 12.9. The van der Waals surface area contributed by atoms with Crippen LogP contribution >= 0.6 is 15.9 Å². The molecule has 0 N–H and O–H groups in total. The molecule has 1 heterocycles. The van der Waals surface area contributed by atoms with Crippen LogP contribution in [-0.4, -0.2) is 17.3 Å². The van der Waals surface area contributed by atoms with Gasteiger partial charge >= 0.3 is 0 Å². The fourth-order valence-corrected chi connectivity index (χ4v) is 4.40. The lowest BCUT2D eigenvalue weighted by Crippen LogP contribution is -2.12. The summed E-state index contributed by atoms with van der Waals surface area (Å²) in [5.74, 6) is 0. The van der Waals surface area contributed by atoms with Gasteiger partial charge in [-0.05, 0) is 35.0 Å². The molecule has 0 radical (unpaired) electrons. The number of fused-ring (bicyclic) bond motifs is 1. The van der Waals surface area contributed by atoms with E-state index in [2.05, 4.69) is 15.9 Å². The number of hydrogen-bond acceptors (Lipinski definition) is 4. The number of nitrogens with zero attached hydrogens (tertiary/aromatic N) is 2. The van der Waals surface area contributed by atoms with Gasteiger partial charge < -0.3 is 0 Å². The van der Waals surface area contributed by atoms with E-state index in [1.54, 1.807) is 18.2 Å². The minimum absolute atomic E-state index is 0.0463. The van der Waals surface area contributed by atoms with Gasteiger partial charge in [0.2, 0.25) is 0 Å². The van der Waals surface area contributed by atoms with Crippen molar-refractivity contribution in [2.45, 2.75) is 11.8 Å². The molecule has 0 aliphatic heterocycles. The van der Waals surface area contributed by atoms with Crippen LogP contribution in [0.15, 0.2) is 58.0 Å². The first-order chi connectivity index (χ1) is 10.8. The van der Waals surface area contributed by atoms with Crippen molar-refractivity contribution in [1.82, 2.24) is 3.97 Å². The molecule has 3 aromatic rings. The molecule has 0 atom stereocenters. The summed E-state index contributed by atoms with van der Waals surface area (Å²) in [5, 5.41) is 11.7. The first-order valence-corrected chi connectivity index (χ1v) is 8.82. The lowest BCUT2D eigenvalue weighted by Gasteiger charge is -2.08. The molecule has 0 saturated heterocycles. The third-order valence-corrected chi connectivity index (χ3v) is 5.80. The maximum atomic E-state index is 12.9. The van der Waals surface area contributed by atoms with Crippen molar-refractivity contribution in [3.8, 4) is 0 Å². The molecule has 1 aromatic heterocycles. The first-order valence-electron chi connectivity index (χ1n) is 6.58. The Morgan fingerprint density at radius 3 is 2.39 bits per heavy atom. The van der Waals surface area contributed by atoms with Crippen molar-refractivity contribution in [3.63, 3.8) is 0 Å². The van der Waals surface area contributed by atoms with Crippen LogP contribution in [0.25, 0.3) is 10.9 Å². The Kier molecular flexibility index (Phi) is 3.73. The molecular weight excluding hydrogens is 384 g/mol. The maximum Gasteiger partial charge on any atom is 0.294 e. The number of aromatic nitrogens is 1. The third kappa shape index (κ3) is 2.53. The van der Waals surface area contributed by atoms with Gasteiger partial charge in [0.25, 0.3) is 15.7 Å². The molecule has 2 aromatic carbocycles. The fraction of sp³-hybridized carbons (Fsp3) is 0.0667. The molecule has 118 valence electrons. The van der Waals surface area contributed by atoms with Crippen LogP contribution in [0.4, 0.5) is 5.69 Å². The average molecular weight is 395 g/mol. The van der Waals surface area contributed by atoms with Crippen molar-refractivity contribution < 1.29 is 13.3 Å². The number of hydrogen-bond donors (Lipinski definition) is 0. The predicted octanol–water partition coefficient (Wildman–Crippen LogP) is 3.86. The van der Waals surface area contributed by atoms with E-state index < -0.39 is 14.9 Å². The van der Waals surface area contributed by atoms with Crippen LogP contribution in [0.3, 0.4) is 0 Å². The van der Waals surface area contributed by atoms with E-state index in [0.717, 1.165) is 9.54 Å². The minimum Gasteiger partial charge on any atom is -0.258 e. The van der Waals surface area contributed by atoms with E-state index in [0.29, 0.717) is 9.86 Å². The monoisotopic (exact) mass is 394 g/mol. The lowest BCUT2D eigenvalue weighted by molar-refractivity contribution is -0.383. The van der Waals surface area contributed by atoms with Crippen molar-refractivity contribution in [2.75, 3.05) is 0 Å². The minimum atomic E-state index is -3.94.